The van der Waals surface area contributed by atoms with Gasteiger partial charge in [0.2, 0.25) is 0 Å². The molecule has 0 spiro atoms. The Morgan fingerprint density at radius 1 is 0.750 bits per heavy atom. The van der Waals surface area contributed by atoms with E-state index in [1.54, 1.807) is 12.1 Å². The van der Waals surface area contributed by atoms with Gasteiger partial charge in [0.15, 0.2) is 0 Å². The van der Waals surface area contributed by atoms with Gasteiger partial charge in [0.1, 0.15) is 11.4 Å². The Labute approximate surface area is 188 Å². The number of amides is 2. The first kappa shape index (κ1) is 21.4. The van der Waals surface area contributed by atoms with Crippen molar-refractivity contribution in [3.05, 3.63) is 94.2 Å². The molecule has 0 bridgehead atoms. The van der Waals surface area contributed by atoms with Crippen LogP contribution in [0.3, 0.4) is 0 Å². The predicted octanol–water partition coefficient (Wildman–Crippen LogP) is 5.33. The Balaban J connectivity index is 1.89. The third-order valence-electron chi connectivity index (χ3n) is 5.63. The zero-order chi connectivity index (χ0) is 23.0. The Morgan fingerprint density at radius 3 is 2.03 bits per heavy atom. The van der Waals surface area contributed by atoms with Gasteiger partial charge in [0.05, 0.1) is 18.4 Å². The summed E-state index contributed by atoms with van der Waals surface area (Å²) in [5.74, 6) is -0.316. The molecule has 4 rings (SSSR count). The molecule has 0 radical (unpaired) electrons. The molecule has 0 aromatic heterocycles. The maximum Gasteiger partial charge on any atom is 0.282 e. The minimum absolute atomic E-state index is 0.259. The van der Waals surface area contributed by atoms with E-state index in [4.69, 9.17) is 4.74 Å². The molecule has 0 fully saturated rings. The molecule has 1 aliphatic heterocycles. The van der Waals surface area contributed by atoms with Gasteiger partial charge in [-0.3, -0.25) is 9.59 Å². The summed E-state index contributed by atoms with van der Waals surface area (Å²) in [6, 6.07) is 19.0. The fourth-order valence-corrected chi connectivity index (χ4v) is 3.96. The lowest BCUT2D eigenvalue weighted by Gasteiger charge is -2.19. The average Bonchev–Trinajstić information content (AvgIpc) is 2.99. The summed E-state index contributed by atoms with van der Waals surface area (Å²) < 4.78 is 5.47. The smallest absolute Gasteiger partial charge is 0.282 e. The van der Waals surface area contributed by atoms with Gasteiger partial charge in [0.25, 0.3) is 11.8 Å². The molecule has 5 heteroatoms. The van der Waals surface area contributed by atoms with Crippen LogP contribution in [0.2, 0.25) is 0 Å². The molecule has 0 saturated heterocycles. The van der Waals surface area contributed by atoms with Crippen LogP contribution >= 0.6 is 0 Å². The van der Waals surface area contributed by atoms with E-state index in [1.807, 2.05) is 76.2 Å². The van der Waals surface area contributed by atoms with Crippen molar-refractivity contribution in [1.82, 2.24) is 0 Å². The lowest BCUT2D eigenvalue weighted by molar-refractivity contribution is -0.120. The van der Waals surface area contributed by atoms with Gasteiger partial charge in [-0.25, -0.2) is 4.90 Å². The number of carbonyl (C=O) groups excluding carboxylic acids is 2. The molecule has 1 aliphatic rings. The number of rotatable bonds is 5. The van der Waals surface area contributed by atoms with E-state index in [0.717, 1.165) is 33.5 Å². The summed E-state index contributed by atoms with van der Waals surface area (Å²) in [4.78, 5) is 28.6. The number of methoxy groups -OCH3 is 1. The number of nitrogens with one attached hydrogen (secondary N) is 1. The van der Waals surface area contributed by atoms with Gasteiger partial charge in [-0.2, -0.15) is 0 Å². The van der Waals surface area contributed by atoms with Crippen molar-refractivity contribution in [1.29, 1.82) is 0 Å². The van der Waals surface area contributed by atoms with Crippen LogP contribution in [-0.4, -0.2) is 18.9 Å². The fraction of sp³-hybridized carbons (Fsp3) is 0.185. The van der Waals surface area contributed by atoms with Crippen LogP contribution in [0.1, 0.15) is 27.8 Å². The largest absolute Gasteiger partial charge is 0.495 e. The van der Waals surface area contributed by atoms with Crippen molar-refractivity contribution in [2.75, 3.05) is 17.3 Å². The molecular weight excluding hydrogens is 400 g/mol. The summed E-state index contributed by atoms with van der Waals surface area (Å²) in [5.41, 5.74) is 6.59. The fourth-order valence-electron chi connectivity index (χ4n) is 3.96. The number of nitrogens with zero attached hydrogens (tertiary/aromatic N) is 1. The van der Waals surface area contributed by atoms with E-state index in [9.17, 15) is 9.59 Å². The molecule has 32 heavy (non-hydrogen) atoms. The minimum Gasteiger partial charge on any atom is -0.495 e. The Hall–Kier alpha value is -3.86. The van der Waals surface area contributed by atoms with Crippen LogP contribution < -0.4 is 15.0 Å². The number of aryl methyl sites for hydroxylation is 4. The highest BCUT2D eigenvalue weighted by Crippen LogP contribution is 2.39. The molecule has 5 nitrogen and oxygen atoms in total. The Bertz CT molecular complexity index is 1260. The topological polar surface area (TPSA) is 58.6 Å². The lowest BCUT2D eigenvalue weighted by atomic mass is 9.97. The highest BCUT2D eigenvalue weighted by molar-refractivity contribution is 6.46. The predicted molar refractivity (Wildman–Crippen MR) is 128 cm³/mol. The molecule has 1 N–H and O–H groups in total. The molecule has 3 aromatic carbocycles. The van der Waals surface area contributed by atoms with Crippen LogP contribution in [-0.2, 0) is 9.59 Å². The first-order valence-corrected chi connectivity index (χ1v) is 10.5. The first-order chi connectivity index (χ1) is 15.3. The molecule has 0 aliphatic carbocycles. The van der Waals surface area contributed by atoms with Crippen molar-refractivity contribution in [3.8, 4) is 5.75 Å². The number of hydrogen-bond donors (Lipinski definition) is 1. The standard InChI is InChI=1S/C27H26N2O3/c1-16-6-10-20(11-7-16)28-25-24(21-12-8-17(2)14-19(21)4)26(30)29(27(25)31)22-15-18(3)9-13-23(22)32-5/h6-15,28H,1-5H3. The number of carbonyl (C=O) groups is 2. The second-order valence-electron chi connectivity index (χ2n) is 8.18. The lowest BCUT2D eigenvalue weighted by Crippen LogP contribution is -2.32. The molecule has 162 valence electrons. The van der Waals surface area contributed by atoms with Crippen LogP contribution in [0.4, 0.5) is 11.4 Å². The van der Waals surface area contributed by atoms with Crippen LogP contribution in [0, 0.1) is 27.7 Å². The molecular formula is C27H26N2O3. The van der Waals surface area contributed by atoms with E-state index < -0.39 is 5.91 Å². The summed E-state index contributed by atoms with van der Waals surface area (Å²) in [5, 5.41) is 3.22. The maximum absolute atomic E-state index is 13.7. The third-order valence-corrected chi connectivity index (χ3v) is 5.63. The zero-order valence-electron chi connectivity index (χ0n) is 18.9. The number of hydrogen-bond acceptors (Lipinski definition) is 4. The second-order valence-corrected chi connectivity index (χ2v) is 8.18. The SMILES string of the molecule is COc1ccc(C)cc1N1C(=O)C(Nc2ccc(C)cc2)=C(c2ccc(C)cc2C)C1=O. The molecule has 0 saturated carbocycles. The Morgan fingerprint density at radius 2 is 1.38 bits per heavy atom. The van der Waals surface area contributed by atoms with Crippen molar-refractivity contribution >= 4 is 28.8 Å². The van der Waals surface area contributed by atoms with Gasteiger partial charge in [-0.05, 0) is 68.7 Å². The van der Waals surface area contributed by atoms with Crippen molar-refractivity contribution in [2.45, 2.75) is 27.7 Å². The van der Waals surface area contributed by atoms with Gasteiger partial charge < -0.3 is 10.1 Å². The van der Waals surface area contributed by atoms with E-state index in [0.29, 0.717) is 17.0 Å². The van der Waals surface area contributed by atoms with Gasteiger partial charge >= 0.3 is 0 Å². The number of imide groups is 1. The van der Waals surface area contributed by atoms with Gasteiger partial charge in [-0.15, -0.1) is 0 Å². The maximum atomic E-state index is 13.7. The Kier molecular flexibility index (Phi) is 5.57. The van der Waals surface area contributed by atoms with Gasteiger partial charge in [0, 0.05) is 5.69 Å². The van der Waals surface area contributed by atoms with Crippen molar-refractivity contribution < 1.29 is 14.3 Å². The van der Waals surface area contributed by atoms with Crippen LogP contribution in [0.25, 0.3) is 5.57 Å². The molecule has 2 amide bonds. The molecule has 3 aromatic rings. The average molecular weight is 427 g/mol. The molecule has 0 atom stereocenters. The normalized spacial score (nSPS) is 13.7. The highest BCUT2D eigenvalue weighted by atomic mass is 16.5. The third kappa shape index (κ3) is 3.78. The zero-order valence-corrected chi connectivity index (χ0v) is 18.9. The number of anilines is 2. The van der Waals surface area contributed by atoms with Crippen molar-refractivity contribution in [3.63, 3.8) is 0 Å². The molecule has 1 heterocycles. The monoisotopic (exact) mass is 426 g/mol. The van der Waals surface area contributed by atoms with Crippen molar-refractivity contribution in [2.24, 2.45) is 0 Å². The van der Waals surface area contributed by atoms with E-state index >= 15 is 0 Å². The summed E-state index contributed by atoms with van der Waals surface area (Å²) in [6.45, 7) is 7.87. The van der Waals surface area contributed by atoms with Crippen LogP contribution in [0.15, 0.2) is 66.4 Å². The number of benzene rings is 3. The number of ether oxygens (including phenoxy) is 1. The first-order valence-electron chi connectivity index (χ1n) is 10.5. The second kappa shape index (κ2) is 8.35. The summed E-state index contributed by atoms with van der Waals surface area (Å²) in [6.07, 6.45) is 0. The molecule has 0 unspecified atom stereocenters. The summed E-state index contributed by atoms with van der Waals surface area (Å²) in [7, 11) is 1.53. The van der Waals surface area contributed by atoms with E-state index in [2.05, 4.69) is 5.32 Å². The van der Waals surface area contributed by atoms with E-state index in [1.165, 1.54) is 12.0 Å². The highest BCUT2D eigenvalue weighted by Gasteiger charge is 2.42. The van der Waals surface area contributed by atoms with E-state index in [-0.39, 0.29) is 11.6 Å². The summed E-state index contributed by atoms with van der Waals surface area (Å²) >= 11 is 0. The van der Waals surface area contributed by atoms with Gasteiger partial charge in [-0.1, -0.05) is 47.5 Å². The quantitative estimate of drug-likeness (QED) is 0.561. The minimum atomic E-state index is -0.408. The van der Waals surface area contributed by atoms with Crippen LogP contribution in [0.5, 0.6) is 5.75 Å².